The van der Waals surface area contributed by atoms with Gasteiger partial charge in [-0.1, -0.05) is 24.3 Å². The van der Waals surface area contributed by atoms with Gasteiger partial charge in [0.1, 0.15) is 17.3 Å². The second-order valence-corrected chi connectivity index (χ2v) is 5.55. The van der Waals surface area contributed by atoms with E-state index in [1.165, 1.54) is 12.1 Å². The molecule has 8 heteroatoms. The van der Waals surface area contributed by atoms with Gasteiger partial charge in [0.25, 0.3) is 0 Å². The maximum absolute atomic E-state index is 13.3. The van der Waals surface area contributed by atoms with Crippen molar-refractivity contribution in [3.05, 3.63) is 78.2 Å². The molecule has 1 aromatic heterocycles. The molecule has 3 rings (SSSR count). The maximum atomic E-state index is 13.3. The number of nitrogens with two attached hydrogens (primary N) is 1. The van der Waals surface area contributed by atoms with E-state index in [2.05, 4.69) is 15.3 Å². The number of para-hydroxylation sites is 2. The lowest BCUT2D eigenvalue weighted by atomic mass is 10.2. The second kappa shape index (κ2) is 10.5. The van der Waals surface area contributed by atoms with Crippen molar-refractivity contribution in [3.63, 3.8) is 0 Å². The standard InChI is InChI=1S/C20H19FN4O2.HI/c1-26-18-10-3-2-9-17(18)25-20(22)24-13-14-6-5-11-23-19(14)27-16-8-4-7-15(21)12-16;/h2-12H,13H2,1H3,(H3,22,24,25);1H. The molecule has 6 nitrogen and oxygen atoms in total. The summed E-state index contributed by atoms with van der Waals surface area (Å²) < 4.78 is 24.3. The summed E-state index contributed by atoms with van der Waals surface area (Å²) in [7, 11) is 1.58. The Balaban J connectivity index is 0.00000280. The Morgan fingerprint density at radius 2 is 1.96 bits per heavy atom. The third kappa shape index (κ3) is 5.81. The highest BCUT2D eigenvalue weighted by molar-refractivity contribution is 14.0. The van der Waals surface area contributed by atoms with E-state index in [1.54, 1.807) is 31.5 Å². The number of benzene rings is 2. The maximum Gasteiger partial charge on any atom is 0.224 e. The first-order valence-corrected chi connectivity index (χ1v) is 8.23. The molecule has 0 spiro atoms. The van der Waals surface area contributed by atoms with Crippen LogP contribution in [0.2, 0.25) is 0 Å². The Morgan fingerprint density at radius 1 is 1.14 bits per heavy atom. The lowest BCUT2D eigenvalue weighted by Crippen LogP contribution is -2.23. The summed E-state index contributed by atoms with van der Waals surface area (Å²) in [5.41, 5.74) is 7.40. The first-order chi connectivity index (χ1) is 13.2. The van der Waals surface area contributed by atoms with Crippen LogP contribution in [0, 0.1) is 5.82 Å². The van der Waals surface area contributed by atoms with Gasteiger partial charge in [-0.15, -0.1) is 24.0 Å². The summed E-state index contributed by atoms with van der Waals surface area (Å²) >= 11 is 0. The molecule has 0 atom stereocenters. The number of methoxy groups -OCH3 is 1. The van der Waals surface area contributed by atoms with E-state index in [0.717, 1.165) is 0 Å². The van der Waals surface area contributed by atoms with Crippen molar-refractivity contribution in [2.75, 3.05) is 12.4 Å². The van der Waals surface area contributed by atoms with E-state index in [4.69, 9.17) is 15.2 Å². The molecule has 3 aromatic rings. The molecule has 0 fully saturated rings. The topological polar surface area (TPSA) is 81.8 Å². The largest absolute Gasteiger partial charge is 0.495 e. The highest BCUT2D eigenvalue weighted by Crippen LogP contribution is 2.25. The predicted molar refractivity (Wildman–Crippen MR) is 118 cm³/mol. The van der Waals surface area contributed by atoms with Gasteiger partial charge >= 0.3 is 0 Å². The van der Waals surface area contributed by atoms with Crippen molar-refractivity contribution in [1.29, 1.82) is 0 Å². The summed E-state index contributed by atoms with van der Waals surface area (Å²) in [6.45, 7) is 0.243. The number of ether oxygens (including phenoxy) is 2. The number of rotatable bonds is 6. The predicted octanol–water partition coefficient (Wildman–Crippen LogP) is 4.57. The van der Waals surface area contributed by atoms with Gasteiger partial charge in [-0.3, -0.25) is 0 Å². The number of aromatic nitrogens is 1. The molecular formula is C20H20FIN4O2. The van der Waals surface area contributed by atoms with Crippen LogP contribution in [-0.4, -0.2) is 18.1 Å². The van der Waals surface area contributed by atoms with Gasteiger partial charge in [0, 0.05) is 17.8 Å². The van der Waals surface area contributed by atoms with Crippen LogP contribution in [0.25, 0.3) is 0 Å². The van der Waals surface area contributed by atoms with Crippen molar-refractivity contribution >= 4 is 35.6 Å². The number of hydrogen-bond acceptors (Lipinski definition) is 4. The van der Waals surface area contributed by atoms with Crippen molar-refractivity contribution in [2.45, 2.75) is 6.54 Å². The third-order valence-corrected chi connectivity index (χ3v) is 3.65. The molecule has 0 radical (unpaired) electrons. The van der Waals surface area contributed by atoms with Crippen LogP contribution in [0.1, 0.15) is 5.56 Å². The van der Waals surface area contributed by atoms with Gasteiger partial charge in [0.15, 0.2) is 5.96 Å². The molecule has 146 valence electrons. The van der Waals surface area contributed by atoms with E-state index in [1.807, 2.05) is 30.3 Å². The number of halogens is 2. The fourth-order valence-corrected chi connectivity index (χ4v) is 2.37. The van der Waals surface area contributed by atoms with E-state index in [9.17, 15) is 4.39 Å². The van der Waals surface area contributed by atoms with E-state index >= 15 is 0 Å². The minimum atomic E-state index is -0.381. The monoisotopic (exact) mass is 494 g/mol. The molecule has 0 saturated heterocycles. The molecule has 28 heavy (non-hydrogen) atoms. The molecule has 0 unspecified atom stereocenters. The van der Waals surface area contributed by atoms with Crippen LogP contribution >= 0.6 is 24.0 Å². The van der Waals surface area contributed by atoms with Crippen molar-refractivity contribution in [2.24, 2.45) is 10.7 Å². The summed E-state index contributed by atoms with van der Waals surface area (Å²) in [4.78, 5) is 8.52. The van der Waals surface area contributed by atoms with Gasteiger partial charge < -0.3 is 20.5 Å². The number of hydrogen-bond donors (Lipinski definition) is 2. The number of anilines is 1. The van der Waals surface area contributed by atoms with Crippen molar-refractivity contribution < 1.29 is 13.9 Å². The molecule has 0 bridgehead atoms. The molecule has 2 aromatic carbocycles. The van der Waals surface area contributed by atoms with Gasteiger partial charge in [0.2, 0.25) is 5.88 Å². The number of pyridine rings is 1. The average molecular weight is 494 g/mol. The van der Waals surface area contributed by atoms with Crippen LogP contribution in [0.5, 0.6) is 17.4 Å². The van der Waals surface area contributed by atoms with Crippen molar-refractivity contribution in [1.82, 2.24) is 4.98 Å². The van der Waals surface area contributed by atoms with Gasteiger partial charge in [-0.25, -0.2) is 14.4 Å². The van der Waals surface area contributed by atoms with Crippen LogP contribution in [-0.2, 0) is 6.54 Å². The molecule has 0 aliphatic heterocycles. The first kappa shape index (κ1) is 21.4. The molecule has 1 heterocycles. The number of nitrogens with zero attached hydrogens (tertiary/aromatic N) is 2. The van der Waals surface area contributed by atoms with E-state index in [0.29, 0.717) is 28.6 Å². The van der Waals surface area contributed by atoms with E-state index < -0.39 is 0 Å². The Bertz CT molecular complexity index is 953. The highest BCUT2D eigenvalue weighted by atomic mass is 127. The molecule has 0 amide bonds. The van der Waals surface area contributed by atoms with Crippen LogP contribution < -0.4 is 20.5 Å². The van der Waals surface area contributed by atoms with Crippen LogP contribution in [0.15, 0.2) is 71.9 Å². The Morgan fingerprint density at radius 3 is 2.75 bits per heavy atom. The SMILES string of the molecule is COc1ccccc1NC(N)=NCc1cccnc1Oc1cccc(F)c1.I. The second-order valence-electron chi connectivity index (χ2n) is 5.55. The summed E-state index contributed by atoms with van der Waals surface area (Å²) in [5.74, 6) is 1.21. The first-order valence-electron chi connectivity index (χ1n) is 8.23. The van der Waals surface area contributed by atoms with E-state index in [-0.39, 0.29) is 42.3 Å². The summed E-state index contributed by atoms with van der Waals surface area (Å²) in [6, 6.07) is 16.8. The lowest BCUT2D eigenvalue weighted by Gasteiger charge is -2.11. The van der Waals surface area contributed by atoms with Crippen LogP contribution in [0.4, 0.5) is 10.1 Å². The normalized spacial score (nSPS) is 10.7. The molecular weight excluding hydrogens is 474 g/mol. The summed E-state index contributed by atoms with van der Waals surface area (Å²) in [5, 5.41) is 3.00. The summed E-state index contributed by atoms with van der Waals surface area (Å²) in [6.07, 6.45) is 1.60. The number of nitrogens with one attached hydrogen (secondary N) is 1. The van der Waals surface area contributed by atoms with Gasteiger partial charge in [-0.2, -0.15) is 0 Å². The zero-order valence-corrected chi connectivity index (χ0v) is 17.5. The van der Waals surface area contributed by atoms with Crippen LogP contribution in [0.3, 0.4) is 0 Å². The molecule has 3 N–H and O–H groups in total. The lowest BCUT2D eigenvalue weighted by molar-refractivity contribution is 0.417. The Kier molecular flexibility index (Phi) is 8.00. The highest BCUT2D eigenvalue weighted by Gasteiger charge is 2.07. The minimum Gasteiger partial charge on any atom is -0.495 e. The van der Waals surface area contributed by atoms with Gasteiger partial charge in [0.05, 0.1) is 19.3 Å². The fraction of sp³-hybridized carbons (Fsp3) is 0.100. The zero-order chi connectivity index (χ0) is 19.1. The molecule has 0 aliphatic carbocycles. The smallest absolute Gasteiger partial charge is 0.224 e. The van der Waals surface area contributed by atoms with Crippen molar-refractivity contribution in [3.8, 4) is 17.4 Å². The fourth-order valence-electron chi connectivity index (χ4n) is 2.37. The molecule has 0 saturated carbocycles. The quantitative estimate of drug-likeness (QED) is 0.298. The molecule has 0 aliphatic rings. The van der Waals surface area contributed by atoms with Gasteiger partial charge in [-0.05, 0) is 30.3 Å². The minimum absolute atomic E-state index is 0. The zero-order valence-electron chi connectivity index (χ0n) is 15.1. The number of aliphatic imine (C=N–C) groups is 1. The third-order valence-electron chi connectivity index (χ3n) is 3.65. The Hall–Kier alpha value is -2.88. The average Bonchev–Trinajstić information content (AvgIpc) is 2.68. The number of guanidine groups is 1. The Labute approximate surface area is 179 Å².